The van der Waals surface area contributed by atoms with Crippen LogP contribution in [0.4, 0.5) is 0 Å². The summed E-state index contributed by atoms with van der Waals surface area (Å²) in [5, 5.41) is 19.8. The molecule has 14 aromatic carbocycles. The van der Waals surface area contributed by atoms with E-state index in [1.165, 1.54) is 214 Å². The second-order valence-electron chi connectivity index (χ2n) is 47.7. The summed E-state index contributed by atoms with van der Waals surface area (Å²) in [6, 6.07) is 80.8. The Bertz CT molecular complexity index is 6050. The first-order valence-corrected chi connectivity index (χ1v) is 48.9. The second kappa shape index (κ2) is 40.7. The zero-order valence-electron chi connectivity index (χ0n) is 88.0. The lowest BCUT2D eigenvalue weighted by Crippen LogP contribution is -2.18. The Hall–Kier alpha value is -9.10. The van der Waals surface area contributed by atoms with Crippen LogP contribution in [0.5, 0.6) is 0 Å². The lowest BCUT2D eigenvalue weighted by Gasteiger charge is -2.29. The van der Waals surface area contributed by atoms with Crippen LogP contribution in [0, 0.1) is 60.8 Å². The summed E-state index contributed by atoms with van der Waals surface area (Å²) in [6.45, 7) is 89.4. The normalized spacial score (nSPS) is 13.2. The molecule has 0 amide bonds. The van der Waals surface area contributed by atoms with Crippen LogP contribution in [0.1, 0.15) is 382 Å². The maximum atomic E-state index is 2.52. The molecule has 0 atom stereocenters. The molecule has 0 aliphatic heterocycles. The highest BCUT2D eigenvalue weighted by molar-refractivity contribution is 5.95. The molecule has 1 aliphatic rings. The number of fused-ring (bicyclic) bond motifs is 7. The standard InChI is InChI=1S/C20H26.2C20H28.C19H26.C18H24.C16H20.C15H18/c1-14-16-11-7-8-12-17(16)18(15-9-5-6-10-15)13-19(14)20(2,3)4;1-14-16-10-8-9-11-17(16)15(13-19(2,3)4)12-18(14)20(5,6)7;1-7-15(8-2)18-13-19(20(4,5)6)14(3)16-11-9-10-12-17(16)18;1-13-14-10-8-9-11-15(14)17(19(5,6)7)12-16(13)18(2,3)4;1-12(2)16-11-17(18(4,5)6)13(3)14-9-7-8-10-15(14)16;1-11-10-15(16(3,4)5)12(2)14-9-7-6-8-13(11)14;1-11-13-8-6-5-7-12(13)9-10-14(11)15(2,3)4/h7-8,11-13,15H,5-6,9-10H2,1-4H3;8-12H,13H2,1-7H3;9-13,15H,7-8H2,1-6H3;8-12H,1-7H3;7-12H,1-6H3;6-10H,1-5H3;5-10H,1-4H3. The molecule has 1 saturated carbocycles. The number of aryl methyl sites for hydroxylation is 8. The van der Waals surface area contributed by atoms with Crippen molar-refractivity contribution < 1.29 is 0 Å². The van der Waals surface area contributed by atoms with E-state index in [2.05, 4.69) is 488 Å². The largest absolute Gasteiger partial charge is 0.0648 e. The number of benzene rings is 14. The molecule has 0 saturated heterocycles. The quantitative estimate of drug-likeness (QED) is 0.156. The van der Waals surface area contributed by atoms with Crippen LogP contribution in [-0.4, -0.2) is 0 Å². The van der Waals surface area contributed by atoms with Gasteiger partial charge in [0.05, 0.1) is 0 Å². The predicted octanol–water partition coefficient (Wildman–Crippen LogP) is 39.0. The maximum Gasteiger partial charge on any atom is -0.0126 e. The lowest BCUT2D eigenvalue weighted by atomic mass is 9.76. The van der Waals surface area contributed by atoms with E-state index < -0.39 is 0 Å². The highest BCUT2D eigenvalue weighted by Gasteiger charge is 2.30. The van der Waals surface area contributed by atoms with E-state index in [0.29, 0.717) is 17.3 Å². The van der Waals surface area contributed by atoms with Crippen molar-refractivity contribution in [3.05, 3.63) is 330 Å². The van der Waals surface area contributed by atoms with Gasteiger partial charge >= 0.3 is 0 Å². The van der Waals surface area contributed by atoms with Gasteiger partial charge in [-0.3, -0.25) is 0 Å². The van der Waals surface area contributed by atoms with Crippen LogP contribution in [0.2, 0.25) is 0 Å². The van der Waals surface area contributed by atoms with Crippen LogP contribution in [0.25, 0.3) is 75.4 Å². The summed E-state index contributed by atoms with van der Waals surface area (Å²) in [5.41, 5.74) is 31.3. The van der Waals surface area contributed by atoms with Crippen molar-refractivity contribution in [3.8, 4) is 0 Å². The topological polar surface area (TPSA) is 0 Å². The monoisotopic (exact) mass is 1710 g/mol. The van der Waals surface area contributed by atoms with Crippen LogP contribution in [0.3, 0.4) is 0 Å². The third-order valence-electron chi connectivity index (χ3n) is 27.5. The van der Waals surface area contributed by atoms with Gasteiger partial charge in [-0.05, 0) is 341 Å². The summed E-state index contributed by atoms with van der Waals surface area (Å²) in [6.07, 6.45) is 9.10. The molecule has 0 heterocycles. The first kappa shape index (κ1) is 103. The minimum Gasteiger partial charge on any atom is -0.0648 e. The van der Waals surface area contributed by atoms with E-state index >= 15 is 0 Å². The number of rotatable bonds is 6. The molecule has 0 spiro atoms. The Morgan fingerprint density at radius 2 is 0.531 bits per heavy atom. The van der Waals surface area contributed by atoms with Gasteiger partial charge in [-0.2, -0.15) is 0 Å². The Labute approximate surface area is 781 Å². The minimum absolute atomic E-state index is 0.174. The molecule has 0 aromatic heterocycles. The molecular formula is C128H170. The van der Waals surface area contributed by atoms with Crippen LogP contribution >= 0.6 is 0 Å². The zero-order valence-corrected chi connectivity index (χ0v) is 88.0. The molecule has 15 rings (SSSR count). The fourth-order valence-electron chi connectivity index (χ4n) is 20.8. The fourth-order valence-corrected chi connectivity index (χ4v) is 20.8. The highest BCUT2D eigenvalue weighted by atomic mass is 14.3. The Morgan fingerprint density at radius 3 is 0.922 bits per heavy atom. The van der Waals surface area contributed by atoms with Gasteiger partial charge in [0.2, 0.25) is 0 Å². The van der Waals surface area contributed by atoms with E-state index in [1.54, 1.807) is 11.1 Å². The van der Waals surface area contributed by atoms with Crippen LogP contribution in [0.15, 0.2) is 218 Å². The molecule has 1 fully saturated rings. The van der Waals surface area contributed by atoms with Crippen molar-refractivity contribution in [2.24, 2.45) is 5.41 Å². The van der Waals surface area contributed by atoms with Crippen molar-refractivity contribution >= 4 is 75.4 Å². The van der Waals surface area contributed by atoms with Crippen molar-refractivity contribution in [3.63, 3.8) is 0 Å². The number of hydrogen-bond acceptors (Lipinski definition) is 0. The highest BCUT2D eigenvalue weighted by Crippen LogP contribution is 2.46. The van der Waals surface area contributed by atoms with E-state index in [-0.39, 0.29) is 43.3 Å². The van der Waals surface area contributed by atoms with Crippen molar-refractivity contribution in [1.29, 1.82) is 0 Å². The zero-order chi connectivity index (χ0) is 95.3. The summed E-state index contributed by atoms with van der Waals surface area (Å²) in [5.74, 6) is 2.01. The fraction of sp³-hybridized carbons (Fsp3) is 0.453. The van der Waals surface area contributed by atoms with E-state index in [0.717, 1.165) is 12.3 Å². The van der Waals surface area contributed by atoms with E-state index in [1.807, 2.05) is 0 Å². The lowest BCUT2D eigenvalue weighted by molar-refractivity contribution is 0.412. The van der Waals surface area contributed by atoms with Gasteiger partial charge in [0.25, 0.3) is 0 Å². The van der Waals surface area contributed by atoms with Gasteiger partial charge in [0.1, 0.15) is 0 Å². The predicted molar refractivity (Wildman–Crippen MR) is 577 cm³/mol. The third kappa shape index (κ3) is 24.6. The summed E-state index contributed by atoms with van der Waals surface area (Å²) < 4.78 is 0. The molecule has 0 heteroatoms. The molecule has 128 heavy (non-hydrogen) atoms. The van der Waals surface area contributed by atoms with Gasteiger partial charge < -0.3 is 0 Å². The Kier molecular flexibility index (Phi) is 32.7. The molecule has 0 nitrogen and oxygen atoms in total. The molecule has 0 radical (unpaired) electrons. The third-order valence-corrected chi connectivity index (χ3v) is 27.5. The van der Waals surface area contributed by atoms with E-state index in [4.69, 9.17) is 0 Å². The minimum atomic E-state index is 0.174. The maximum absolute atomic E-state index is 2.52. The van der Waals surface area contributed by atoms with Crippen molar-refractivity contribution in [1.82, 2.24) is 0 Å². The van der Waals surface area contributed by atoms with Crippen molar-refractivity contribution in [2.75, 3.05) is 0 Å². The SMILES string of the molecule is CCC(CC)c1cc(C(C)(C)C)c(C)c2ccccc12.Cc1c(C(C)(C)C)cc(C(C)(C)C)c2ccccc12.Cc1c(C(C)(C)C)cc(C(C)C)c2ccccc12.Cc1c(C(C)(C)C)cc(C2CCCC2)c2ccccc12.Cc1c(C(C)(C)C)cc(CC(C)(C)C)c2ccccc12.Cc1c(C(C)(C)C)ccc2ccccc12.Cc1cc(C(C)(C)C)c(C)c2ccccc12. The smallest absolute Gasteiger partial charge is 0.0126 e. The summed E-state index contributed by atoms with van der Waals surface area (Å²) in [7, 11) is 0. The van der Waals surface area contributed by atoms with Gasteiger partial charge in [-0.25, -0.2) is 0 Å². The van der Waals surface area contributed by atoms with E-state index in [9.17, 15) is 0 Å². The van der Waals surface area contributed by atoms with Crippen LogP contribution < -0.4 is 0 Å². The summed E-state index contributed by atoms with van der Waals surface area (Å²) in [4.78, 5) is 0. The molecule has 1 aliphatic carbocycles. The molecular weight excluding hydrogens is 1540 g/mol. The second-order valence-corrected chi connectivity index (χ2v) is 47.7. The van der Waals surface area contributed by atoms with Crippen LogP contribution in [-0.2, 0) is 49.7 Å². The molecule has 0 bridgehead atoms. The summed E-state index contributed by atoms with van der Waals surface area (Å²) >= 11 is 0. The molecule has 0 unspecified atom stereocenters. The number of hydrogen-bond donors (Lipinski definition) is 0. The Balaban J connectivity index is 0.000000169. The van der Waals surface area contributed by atoms with Gasteiger partial charge in [-0.15, -0.1) is 0 Å². The van der Waals surface area contributed by atoms with Crippen molar-refractivity contribution in [2.45, 2.75) is 376 Å². The molecule has 682 valence electrons. The Morgan fingerprint density at radius 1 is 0.250 bits per heavy atom. The average molecular weight is 1710 g/mol. The first-order chi connectivity index (χ1) is 59.3. The van der Waals surface area contributed by atoms with Gasteiger partial charge in [-0.1, -0.05) is 446 Å². The van der Waals surface area contributed by atoms with Gasteiger partial charge in [0.15, 0.2) is 0 Å². The first-order valence-electron chi connectivity index (χ1n) is 48.9. The van der Waals surface area contributed by atoms with Gasteiger partial charge in [0, 0.05) is 0 Å². The molecule has 14 aromatic rings. The molecule has 0 N–H and O–H groups in total. The average Bonchev–Trinajstić information content (AvgIpc) is 1.43.